The van der Waals surface area contributed by atoms with Gasteiger partial charge >= 0.3 is 0 Å². The zero-order chi connectivity index (χ0) is 20.8. The van der Waals surface area contributed by atoms with E-state index in [1.165, 1.54) is 0 Å². The molecule has 2 aromatic rings. The second kappa shape index (κ2) is 9.56. The average molecular weight is 396 g/mol. The molecule has 154 valence electrons. The van der Waals surface area contributed by atoms with Crippen molar-refractivity contribution in [3.05, 3.63) is 59.7 Å². The molecule has 1 N–H and O–H groups in total. The highest BCUT2D eigenvalue weighted by atomic mass is 16.5. The number of benzene rings is 2. The Balaban J connectivity index is 1.70. The number of hydrogen-bond acceptors (Lipinski definition) is 4. The van der Waals surface area contributed by atoms with E-state index >= 15 is 0 Å². The van der Waals surface area contributed by atoms with Crippen LogP contribution in [0, 0.1) is 5.92 Å². The first kappa shape index (κ1) is 20.9. The first-order valence-corrected chi connectivity index (χ1v) is 10.0. The van der Waals surface area contributed by atoms with Crippen LogP contribution in [0.25, 0.3) is 0 Å². The molecule has 0 spiro atoms. The summed E-state index contributed by atoms with van der Waals surface area (Å²) in [4.78, 5) is 29.7. The molecule has 2 aromatic carbocycles. The van der Waals surface area contributed by atoms with Crippen molar-refractivity contribution in [2.45, 2.75) is 13.8 Å². The van der Waals surface area contributed by atoms with Crippen molar-refractivity contribution in [2.75, 3.05) is 45.2 Å². The zero-order valence-electron chi connectivity index (χ0n) is 17.4. The molecule has 0 saturated carbocycles. The predicted octanol–water partition coefficient (Wildman–Crippen LogP) is 3.36. The third-order valence-corrected chi connectivity index (χ3v) is 4.86. The van der Waals surface area contributed by atoms with E-state index in [2.05, 4.69) is 31.1 Å². The Morgan fingerprint density at radius 2 is 1.76 bits per heavy atom. The molecule has 6 nitrogen and oxygen atoms in total. The minimum atomic E-state index is -0.256. The maximum Gasteiger partial charge on any atom is 0.259 e. The predicted molar refractivity (Wildman–Crippen MR) is 115 cm³/mol. The van der Waals surface area contributed by atoms with Gasteiger partial charge < -0.3 is 19.9 Å². The summed E-state index contributed by atoms with van der Waals surface area (Å²) in [6, 6.07) is 14.3. The van der Waals surface area contributed by atoms with Crippen molar-refractivity contribution in [1.82, 2.24) is 9.80 Å². The fourth-order valence-electron chi connectivity index (χ4n) is 3.16. The number of carbonyl (C=O) groups is 2. The molecule has 0 unspecified atom stereocenters. The molecular formula is C23H29N3O3. The minimum Gasteiger partial charge on any atom is -0.492 e. The molecule has 1 fully saturated rings. The Morgan fingerprint density at radius 1 is 1.03 bits per heavy atom. The molecule has 0 aromatic heterocycles. The van der Waals surface area contributed by atoms with Crippen LogP contribution in [-0.4, -0.2) is 61.4 Å². The number of rotatable bonds is 6. The summed E-state index contributed by atoms with van der Waals surface area (Å²) in [7, 11) is 2.06. The van der Waals surface area contributed by atoms with Crippen LogP contribution in [0.5, 0.6) is 5.75 Å². The van der Waals surface area contributed by atoms with E-state index in [0.29, 0.717) is 48.2 Å². The van der Waals surface area contributed by atoms with Gasteiger partial charge in [-0.2, -0.15) is 0 Å². The molecule has 0 aliphatic carbocycles. The lowest BCUT2D eigenvalue weighted by Crippen LogP contribution is -2.47. The van der Waals surface area contributed by atoms with Gasteiger partial charge in [0.05, 0.1) is 12.2 Å². The third kappa shape index (κ3) is 5.57. The smallest absolute Gasteiger partial charge is 0.259 e. The van der Waals surface area contributed by atoms with E-state index in [4.69, 9.17) is 4.74 Å². The van der Waals surface area contributed by atoms with Crippen molar-refractivity contribution >= 4 is 17.5 Å². The Morgan fingerprint density at radius 3 is 2.48 bits per heavy atom. The van der Waals surface area contributed by atoms with Crippen molar-refractivity contribution in [2.24, 2.45) is 5.92 Å². The summed E-state index contributed by atoms with van der Waals surface area (Å²) < 4.78 is 5.78. The van der Waals surface area contributed by atoms with Gasteiger partial charge in [-0.25, -0.2) is 0 Å². The van der Waals surface area contributed by atoms with Gasteiger partial charge in [0.1, 0.15) is 5.75 Å². The molecule has 0 bridgehead atoms. The summed E-state index contributed by atoms with van der Waals surface area (Å²) >= 11 is 0. The highest BCUT2D eigenvalue weighted by molar-refractivity contribution is 6.06. The van der Waals surface area contributed by atoms with E-state index in [1.54, 1.807) is 36.4 Å². The topological polar surface area (TPSA) is 61.9 Å². The van der Waals surface area contributed by atoms with Crippen LogP contribution in [0.15, 0.2) is 48.5 Å². The number of anilines is 1. The first-order valence-electron chi connectivity index (χ1n) is 10.0. The molecular weight excluding hydrogens is 366 g/mol. The Bertz CT molecular complexity index is 858. The van der Waals surface area contributed by atoms with Crippen LogP contribution in [-0.2, 0) is 0 Å². The monoisotopic (exact) mass is 395 g/mol. The number of carbonyl (C=O) groups excluding carboxylic acids is 2. The first-order chi connectivity index (χ1) is 13.9. The second-order valence-corrected chi connectivity index (χ2v) is 7.83. The van der Waals surface area contributed by atoms with Gasteiger partial charge in [-0.1, -0.05) is 32.0 Å². The van der Waals surface area contributed by atoms with Crippen molar-refractivity contribution < 1.29 is 14.3 Å². The normalized spacial score (nSPS) is 14.7. The number of hydrogen-bond donors (Lipinski definition) is 1. The summed E-state index contributed by atoms with van der Waals surface area (Å²) in [5, 5.41) is 2.89. The fourth-order valence-corrected chi connectivity index (χ4v) is 3.16. The average Bonchev–Trinajstić information content (AvgIpc) is 2.72. The lowest BCUT2D eigenvalue weighted by atomic mass is 10.1. The molecule has 0 atom stereocenters. The van der Waals surface area contributed by atoms with Crippen LogP contribution in [0.4, 0.5) is 5.69 Å². The van der Waals surface area contributed by atoms with Crippen LogP contribution in [0.2, 0.25) is 0 Å². The molecule has 1 aliphatic rings. The summed E-state index contributed by atoms with van der Waals surface area (Å²) in [6.07, 6.45) is 0. The molecule has 1 heterocycles. The largest absolute Gasteiger partial charge is 0.492 e. The minimum absolute atomic E-state index is 0.00475. The number of ether oxygens (including phenoxy) is 1. The maximum absolute atomic E-state index is 12.8. The molecule has 1 aliphatic heterocycles. The standard InChI is InChI=1S/C23H29N3O3/c1-17(2)16-29-21-10-5-4-9-20(21)22(27)24-19-8-6-7-18(15-19)23(28)26-13-11-25(3)12-14-26/h4-10,15,17H,11-14,16H2,1-3H3,(H,24,27). The van der Waals surface area contributed by atoms with Crippen molar-refractivity contribution in [3.63, 3.8) is 0 Å². The van der Waals surface area contributed by atoms with Gasteiger partial charge in [-0.15, -0.1) is 0 Å². The molecule has 0 radical (unpaired) electrons. The zero-order valence-corrected chi connectivity index (χ0v) is 17.4. The van der Waals surface area contributed by atoms with Crippen LogP contribution < -0.4 is 10.1 Å². The van der Waals surface area contributed by atoms with E-state index in [9.17, 15) is 9.59 Å². The van der Waals surface area contributed by atoms with Crippen LogP contribution in [0.3, 0.4) is 0 Å². The fraction of sp³-hybridized carbons (Fsp3) is 0.391. The van der Waals surface area contributed by atoms with Crippen molar-refractivity contribution in [1.29, 1.82) is 0 Å². The van der Waals surface area contributed by atoms with Gasteiger partial charge in [0, 0.05) is 37.4 Å². The molecule has 1 saturated heterocycles. The van der Waals surface area contributed by atoms with E-state index in [0.717, 1.165) is 13.1 Å². The van der Waals surface area contributed by atoms with Crippen LogP contribution >= 0.6 is 0 Å². The maximum atomic E-state index is 12.8. The molecule has 3 rings (SSSR count). The number of piperazine rings is 1. The Labute approximate surface area is 172 Å². The summed E-state index contributed by atoms with van der Waals surface area (Å²) in [5.41, 5.74) is 1.65. The number of amides is 2. The lowest BCUT2D eigenvalue weighted by Gasteiger charge is -2.32. The summed E-state index contributed by atoms with van der Waals surface area (Å²) in [5.74, 6) is 0.662. The third-order valence-electron chi connectivity index (χ3n) is 4.86. The quantitative estimate of drug-likeness (QED) is 0.815. The van der Waals surface area contributed by atoms with Crippen molar-refractivity contribution in [3.8, 4) is 5.75 Å². The number of likely N-dealkylation sites (N-methyl/N-ethyl adjacent to an activating group) is 1. The van der Waals surface area contributed by atoms with Gasteiger partial charge in [0.25, 0.3) is 11.8 Å². The van der Waals surface area contributed by atoms with Gasteiger partial charge in [0.15, 0.2) is 0 Å². The molecule has 2 amide bonds. The van der Waals surface area contributed by atoms with E-state index in [1.807, 2.05) is 17.0 Å². The number of para-hydroxylation sites is 1. The molecule has 6 heteroatoms. The highest BCUT2D eigenvalue weighted by Gasteiger charge is 2.21. The lowest BCUT2D eigenvalue weighted by molar-refractivity contribution is 0.0664. The summed E-state index contributed by atoms with van der Waals surface area (Å²) in [6.45, 7) is 7.83. The van der Waals surface area contributed by atoms with Gasteiger partial charge in [-0.05, 0) is 43.3 Å². The Kier molecular flexibility index (Phi) is 6.88. The van der Waals surface area contributed by atoms with Gasteiger partial charge in [0.2, 0.25) is 0 Å². The second-order valence-electron chi connectivity index (χ2n) is 7.83. The van der Waals surface area contributed by atoms with Crippen LogP contribution in [0.1, 0.15) is 34.6 Å². The van der Waals surface area contributed by atoms with E-state index in [-0.39, 0.29) is 11.8 Å². The number of nitrogens with zero attached hydrogens (tertiary/aromatic N) is 2. The Hall–Kier alpha value is -2.86. The number of nitrogens with one attached hydrogen (secondary N) is 1. The van der Waals surface area contributed by atoms with Gasteiger partial charge in [-0.3, -0.25) is 9.59 Å². The highest BCUT2D eigenvalue weighted by Crippen LogP contribution is 2.21. The van der Waals surface area contributed by atoms with E-state index < -0.39 is 0 Å². The molecule has 29 heavy (non-hydrogen) atoms. The SMILES string of the molecule is CC(C)COc1ccccc1C(=O)Nc1cccc(C(=O)N2CCN(C)CC2)c1.